The van der Waals surface area contributed by atoms with Crippen LogP contribution in [0.4, 0.5) is 0 Å². The summed E-state index contributed by atoms with van der Waals surface area (Å²) >= 11 is 1.51. The number of carbonyl (C=O) groups is 1. The molecule has 174 valence electrons. The fraction of sp³-hybridized carbons (Fsp3) is 0.192. The van der Waals surface area contributed by atoms with Crippen LogP contribution in [-0.4, -0.2) is 41.9 Å². The monoisotopic (exact) mass is 475 g/mol. The third-order valence-electron chi connectivity index (χ3n) is 5.33. The van der Waals surface area contributed by atoms with E-state index in [1.54, 1.807) is 34.3 Å². The predicted octanol–water partition coefficient (Wildman–Crippen LogP) is 5.46. The molecule has 0 atom stereocenters. The van der Waals surface area contributed by atoms with Crippen LogP contribution in [-0.2, 0) is 5.75 Å². The lowest BCUT2D eigenvalue weighted by Gasteiger charge is -2.14. The molecule has 34 heavy (non-hydrogen) atoms. The average Bonchev–Trinajstić information content (AvgIpc) is 3.31. The van der Waals surface area contributed by atoms with Gasteiger partial charge in [0.1, 0.15) is 5.75 Å². The highest BCUT2D eigenvalue weighted by Gasteiger charge is 2.19. The van der Waals surface area contributed by atoms with Crippen molar-refractivity contribution < 1.29 is 19.0 Å². The maximum Gasteiger partial charge on any atom is 0.196 e. The first kappa shape index (κ1) is 23.4. The molecule has 1 heterocycles. The van der Waals surface area contributed by atoms with Crippen molar-refractivity contribution >= 4 is 17.5 Å². The van der Waals surface area contributed by atoms with Gasteiger partial charge in [-0.25, -0.2) is 0 Å². The van der Waals surface area contributed by atoms with Crippen LogP contribution < -0.4 is 14.2 Å². The van der Waals surface area contributed by atoms with Crippen molar-refractivity contribution in [2.24, 2.45) is 0 Å². The van der Waals surface area contributed by atoms with Crippen molar-refractivity contribution in [3.8, 4) is 34.3 Å². The molecule has 0 radical (unpaired) electrons. The van der Waals surface area contributed by atoms with Crippen molar-refractivity contribution in [1.82, 2.24) is 14.8 Å². The smallest absolute Gasteiger partial charge is 0.196 e. The van der Waals surface area contributed by atoms with Gasteiger partial charge in [0.05, 0.1) is 27.0 Å². The summed E-state index contributed by atoms with van der Waals surface area (Å²) in [5.74, 6) is 3.23. The van der Waals surface area contributed by atoms with Gasteiger partial charge in [-0.05, 0) is 37.3 Å². The minimum absolute atomic E-state index is 0.00811. The van der Waals surface area contributed by atoms with E-state index in [0.29, 0.717) is 33.8 Å². The van der Waals surface area contributed by atoms with Gasteiger partial charge in [0.15, 0.2) is 28.3 Å². The quantitative estimate of drug-likeness (QED) is 0.235. The van der Waals surface area contributed by atoms with E-state index in [1.807, 2.05) is 65.2 Å². The minimum Gasteiger partial charge on any atom is -0.496 e. The van der Waals surface area contributed by atoms with Gasteiger partial charge in [0, 0.05) is 28.5 Å². The molecule has 0 bridgehead atoms. The van der Waals surface area contributed by atoms with Crippen LogP contribution in [0.1, 0.15) is 22.8 Å². The van der Waals surface area contributed by atoms with E-state index in [-0.39, 0.29) is 5.78 Å². The van der Waals surface area contributed by atoms with E-state index in [1.165, 1.54) is 11.8 Å². The lowest BCUT2D eigenvalue weighted by atomic mass is 10.1. The Morgan fingerprint density at radius 3 is 2.24 bits per heavy atom. The lowest BCUT2D eigenvalue weighted by molar-refractivity contribution is 0.101. The molecule has 7 nitrogen and oxygen atoms in total. The highest BCUT2D eigenvalue weighted by Crippen LogP contribution is 2.35. The zero-order chi connectivity index (χ0) is 24.1. The van der Waals surface area contributed by atoms with Crippen LogP contribution in [0.15, 0.2) is 71.9 Å². The summed E-state index contributed by atoms with van der Waals surface area (Å²) in [5, 5.41) is 9.68. The van der Waals surface area contributed by atoms with Gasteiger partial charge in [-0.3, -0.25) is 9.36 Å². The van der Waals surface area contributed by atoms with E-state index in [2.05, 4.69) is 10.2 Å². The molecule has 0 spiro atoms. The largest absolute Gasteiger partial charge is 0.496 e. The number of carbonyl (C=O) groups excluding carboxylic acids is 1. The zero-order valence-corrected chi connectivity index (χ0v) is 20.3. The molecular formula is C26H25N3O4S. The summed E-state index contributed by atoms with van der Waals surface area (Å²) in [6.07, 6.45) is 0. The summed E-state index contributed by atoms with van der Waals surface area (Å²) in [6, 6.07) is 21.0. The van der Waals surface area contributed by atoms with Gasteiger partial charge < -0.3 is 14.2 Å². The van der Waals surface area contributed by atoms with E-state index in [9.17, 15) is 4.79 Å². The Hall–Kier alpha value is -3.78. The molecule has 0 N–H and O–H groups in total. The molecule has 1 aromatic heterocycles. The number of aromatic nitrogens is 3. The van der Waals surface area contributed by atoms with Gasteiger partial charge in [0.2, 0.25) is 0 Å². The molecule has 0 aliphatic carbocycles. The zero-order valence-electron chi connectivity index (χ0n) is 19.4. The number of hydrogen-bond donors (Lipinski definition) is 0. The Labute approximate surface area is 202 Å². The van der Waals surface area contributed by atoms with Gasteiger partial charge >= 0.3 is 0 Å². The van der Waals surface area contributed by atoms with Gasteiger partial charge in [-0.15, -0.1) is 10.2 Å². The Morgan fingerprint density at radius 1 is 0.853 bits per heavy atom. The number of thioether (sulfide) groups is 1. The van der Waals surface area contributed by atoms with Gasteiger partial charge in [0.25, 0.3) is 0 Å². The fourth-order valence-corrected chi connectivity index (χ4v) is 4.52. The molecule has 8 heteroatoms. The van der Waals surface area contributed by atoms with Gasteiger partial charge in [-0.2, -0.15) is 0 Å². The van der Waals surface area contributed by atoms with Crippen molar-refractivity contribution in [1.29, 1.82) is 0 Å². The van der Waals surface area contributed by atoms with Gasteiger partial charge in [-0.1, -0.05) is 42.1 Å². The maximum atomic E-state index is 11.9. The van der Waals surface area contributed by atoms with E-state index in [0.717, 1.165) is 22.6 Å². The summed E-state index contributed by atoms with van der Waals surface area (Å²) in [4.78, 5) is 11.9. The third-order valence-corrected chi connectivity index (χ3v) is 6.31. The molecule has 0 saturated heterocycles. The van der Waals surface area contributed by atoms with Crippen molar-refractivity contribution in [3.05, 3.63) is 77.9 Å². The second-order valence-corrected chi connectivity index (χ2v) is 8.36. The summed E-state index contributed by atoms with van der Waals surface area (Å²) in [5.41, 5.74) is 3.33. The van der Waals surface area contributed by atoms with Crippen molar-refractivity contribution in [3.63, 3.8) is 0 Å². The SMILES string of the molecule is COc1ccc(C(C)=O)cc1CSc1nnc(-c2ccccc2)n1-c1ccc(OC)c(OC)c1. The normalized spacial score (nSPS) is 10.7. The number of benzene rings is 3. The Bertz CT molecular complexity index is 1300. The summed E-state index contributed by atoms with van der Waals surface area (Å²) in [7, 11) is 4.84. The van der Waals surface area contributed by atoms with E-state index in [4.69, 9.17) is 14.2 Å². The number of Topliss-reactive ketones (excluding diaryl/α,β-unsaturated/α-hetero) is 1. The number of ketones is 1. The lowest BCUT2D eigenvalue weighted by Crippen LogP contribution is -2.02. The summed E-state index contributed by atoms with van der Waals surface area (Å²) < 4.78 is 18.4. The molecule has 0 unspecified atom stereocenters. The first-order valence-corrected chi connectivity index (χ1v) is 11.6. The highest BCUT2D eigenvalue weighted by molar-refractivity contribution is 7.98. The van der Waals surface area contributed by atoms with Crippen LogP contribution in [0.2, 0.25) is 0 Å². The number of nitrogens with zero attached hydrogens (tertiary/aromatic N) is 3. The first-order chi connectivity index (χ1) is 16.5. The van der Waals surface area contributed by atoms with Crippen molar-refractivity contribution in [2.75, 3.05) is 21.3 Å². The number of methoxy groups -OCH3 is 3. The molecule has 3 aromatic carbocycles. The first-order valence-electron chi connectivity index (χ1n) is 10.6. The summed E-state index contributed by atoms with van der Waals surface area (Å²) in [6.45, 7) is 1.55. The Balaban J connectivity index is 1.77. The molecule has 4 rings (SSSR count). The number of hydrogen-bond acceptors (Lipinski definition) is 7. The molecule has 0 aliphatic rings. The topological polar surface area (TPSA) is 75.5 Å². The molecule has 0 saturated carbocycles. The van der Waals surface area contributed by atoms with Crippen LogP contribution in [0.25, 0.3) is 17.1 Å². The second-order valence-electron chi connectivity index (χ2n) is 7.42. The predicted molar refractivity (Wildman–Crippen MR) is 132 cm³/mol. The number of rotatable bonds is 9. The Morgan fingerprint density at radius 2 is 1.56 bits per heavy atom. The molecule has 0 fully saturated rings. The van der Waals surface area contributed by atoms with Crippen LogP contribution in [0.3, 0.4) is 0 Å². The highest BCUT2D eigenvalue weighted by atomic mass is 32.2. The molecular weight excluding hydrogens is 450 g/mol. The second kappa shape index (κ2) is 10.4. The fourth-order valence-electron chi connectivity index (χ4n) is 3.59. The standard InChI is InChI=1S/C26H25N3O4S/c1-17(30)19-10-12-22(31-2)20(14-19)16-34-26-28-27-25(18-8-6-5-7-9-18)29(26)21-11-13-23(32-3)24(15-21)33-4/h5-15H,16H2,1-4H3. The van der Waals surface area contributed by atoms with E-state index < -0.39 is 0 Å². The third kappa shape index (κ3) is 4.77. The van der Waals surface area contributed by atoms with Crippen molar-refractivity contribution in [2.45, 2.75) is 17.8 Å². The van der Waals surface area contributed by atoms with Crippen LogP contribution in [0.5, 0.6) is 17.2 Å². The molecule has 0 aliphatic heterocycles. The number of ether oxygens (including phenoxy) is 3. The average molecular weight is 476 g/mol. The molecule has 0 amide bonds. The van der Waals surface area contributed by atoms with Crippen LogP contribution >= 0.6 is 11.8 Å². The Kier molecular flexibility index (Phi) is 7.18. The van der Waals surface area contributed by atoms with E-state index >= 15 is 0 Å². The minimum atomic E-state index is 0.00811. The maximum absolute atomic E-state index is 11.9. The van der Waals surface area contributed by atoms with Crippen LogP contribution in [0, 0.1) is 0 Å². The molecule has 4 aromatic rings.